The van der Waals surface area contributed by atoms with E-state index in [0.717, 1.165) is 6.42 Å². The normalized spacial score (nSPS) is 14.2. The highest BCUT2D eigenvalue weighted by Gasteiger charge is 2.20. The lowest BCUT2D eigenvalue weighted by Crippen LogP contribution is -2.31. The van der Waals surface area contributed by atoms with Crippen molar-refractivity contribution in [3.63, 3.8) is 0 Å². The first-order chi connectivity index (χ1) is 11.7. The van der Waals surface area contributed by atoms with E-state index in [9.17, 15) is 14.7 Å². The average molecular weight is 353 g/mol. The molecule has 3 N–H and O–H groups in total. The van der Waals surface area contributed by atoms with Gasteiger partial charge < -0.3 is 19.7 Å². The maximum absolute atomic E-state index is 12.3. The van der Waals surface area contributed by atoms with Crippen LogP contribution < -0.4 is 16.6 Å². The molecule has 2 aromatic heterocycles. The lowest BCUT2D eigenvalue weighted by molar-refractivity contribution is -0.000114. The molecule has 0 amide bonds. The molecule has 25 heavy (non-hydrogen) atoms. The van der Waals surface area contributed by atoms with Gasteiger partial charge in [-0.2, -0.15) is 4.98 Å². The Hall–Kier alpha value is -2.13. The first-order valence-electron chi connectivity index (χ1n) is 8.50. The molecule has 0 aromatic carbocycles. The summed E-state index contributed by atoms with van der Waals surface area (Å²) in [4.78, 5) is 30.8. The van der Waals surface area contributed by atoms with E-state index < -0.39 is 17.4 Å². The second-order valence-corrected chi connectivity index (χ2v) is 6.53. The quantitative estimate of drug-likeness (QED) is 0.634. The van der Waals surface area contributed by atoms with Crippen molar-refractivity contribution in [1.82, 2.24) is 19.1 Å². The smallest absolute Gasteiger partial charge is 0.329 e. The van der Waals surface area contributed by atoms with E-state index in [4.69, 9.17) is 4.74 Å². The van der Waals surface area contributed by atoms with Crippen LogP contribution in [0.5, 0.6) is 0 Å². The summed E-state index contributed by atoms with van der Waals surface area (Å²) in [5.41, 5.74) is -0.534. The van der Waals surface area contributed by atoms with E-state index in [1.54, 1.807) is 11.6 Å². The lowest BCUT2D eigenvalue weighted by atomic mass is 10.3. The van der Waals surface area contributed by atoms with Crippen molar-refractivity contribution < 1.29 is 9.84 Å². The Bertz CT molecular complexity index is 835. The summed E-state index contributed by atoms with van der Waals surface area (Å²) < 4.78 is 8.32. The average Bonchev–Trinajstić information content (AvgIpc) is 2.89. The number of aryl methyl sites for hydroxylation is 1. The molecular weight excluding hydrogens is 326 g/mol. The molecule has 2 heterocycles. The van der Waals surface area contributed by atoms with Crippen LogP contribution in [0.3, 0.4) is 0 Å². The van der Waals surface area contributed by atoms with Gasteiger partial charge in [0.2, 0.25) is 5.95 Å². The fourth-order valence-corrected chi connectivity index (χ4v) is 2.41. The van der Waals surface area contributed by atoms with Gasteiger partial charge in [-0.15, -0.1) is 0 Å². The molecule has 2 rings (SSSR count). The SMILES string of the molecule is CC[C@@H](C)Nc1nc2c(c(=O)[nH]c(=O)n2C)n1C[C@@H](O)COC(C)C. The number of aliphatic hydroxyl groups is 1. The summed E-state index contributed by atoms with van der Waals surface area (Å²) >= 11 is 0. The Morgan fingerprint density at radius 3 is 2.60 bits per heavy atom. The maximum Gasteiger partial charge on any atom is 0.329 e. The topological polar surface area (TPSA) is 114 Å². The number of fused-ring (bicyclic) bond motifs is 1. The number of anilines is 1. The third kappa shape index (κ3) is 4.29. The molecule has 9 heteroatoms. The zero-order chi connectivity index (χ0) is 18.7. The number of aromatic amines is 1. The number of aliphatic hydroxyl groups excluding tert-OH is 1. The Kier molecular flexibility index (Phi) is 6.02. The molecule has 0 aliphatic carbocycles. The molecule has 0 aliphatic heterocycles. The van der Waals surface area contributed by atoms with Gasteiger partial charge in [-0.05, 0) is 27.2 Å². The van der Waals surface area contributed by atoms with Crippen LogP contribution in [0, 0.1) is 0 Å². The second kappa shape index (κ2) is 7.83. The molecule has 140 valence electrons. The summed E-state index contributed by atoms with van der Waals surface area (Å²) in [7, 11) is 1.54. The van der Waals surface area contributed by atoms with Crippen LogP contribution in [0.25, 0.3) is 11.2 Å². The monoisotopic (exact) mass is 353 g/mol. The molecule has 9 nitrogen and oxygen atoms in total. The minimum Gasteiger partial charge on any atom is -0.389 e. The van der Waals surface area contributed by atoms with Crippen LogP contribution in [0.1, 0.15) is 34.1 Å². The first kappa shape index (κ1) is 19.2. The highest BCUT2D eigenvalue weighted by atomic mass is 16.5. The zero-order valence-electron chi connectivity index (χ0n) is 15.4. The summed E-state index contributed by atoms with van der Waals surface area (Å²) in [5.74, 6) is 0.444. The van der Waals surface area contributed by atoms with Gasteiger partial charge in [0.1, 0.15) is 0 Å². The number of hydrogen-bond acceptors (Lipinski definition) is 6. The van der Waals surface area contributed by atoms with Gasteiger partial charge in [-0.3, -0.25) is 14.3 Å². The molecule has 0 bridgehead atoms. The van der Waals surface area contributed by atoms with Crippen LogP contribution in [-0.4, -0.2) is 49.1 Å². The molecule has 0 saturated heterocycles. The predicted octanol–water partition coefficient (Wildman–Crippen LogP) is 0.420. The highest BCUT2D eigenvalue weighted by Crippen LogP contribution is 2.17. The van der Waals surface area contributed by atoms with Gasteiger partial charge in [-0.1, -0.05) is 6.92 Å². The van der Waals surface area contributed by atoms with Crippen molar-refractivity contribution in [2.45, 2.75) is 58.9 Å². The summed E-state index contributed by atoms with van der Waals surface area (Å²) in [6, 6.07) is 0.121. The van der Waals surface area contributed by atoms with Crippen molar-refractivity contribution in [3.8, 4) is 0 Å². The minimum absolute atomic E-state index is 0.00360. The Balaban J connectivity index is 2.50. The van der Waals surface area contributed by atoms with Gasteiger partial charge in [-0.25, -0.2) is 4.79 Å². The summed E-state index contributed by atoms with van der Waals surface area (Å²) in [5, 5.41) is 13.5. The standard InChI is InChI=1S/C16H27N5O4/c1-6-10(4)17-15-18-13-12(14(23)19-16(24)20(13)5)21(15)7-11(22)8-25-9(2)3/h9-11,22H,6-8H2,1-5H3,(H,17,18)(H,19,23,24)/t10-,11-/m1/s1. The Labute approximate surface area is 145 Å². The van der Waals surface area contributed by atoms with E-state index in [0.29, 0.717) is 5.95 Å². The van der Waals surface area contributed by atoms with Gasteiger partial charge in [0.25, 0.3) is 5.56 Å². The van der Waals surface area contributed by atoms with Crippen molar-refractivity contribution in [1.29, 1.82) is 0 Å². The molecule has 0 fully saturated rings. The number of nitrogens with one attached hydrogen (secondary N) is 2. The number of aromatic nitrogens is 4. The summed E-state index contributed by atoms with van der Waals surface area (Å²) in [6.45, 7) is 8.06. The van der Waals surface area contributed by atoms with E-state index in [1.165, 1.54) is 4.57 Å². The van der Waals surface area contributed by atoms with Crippen LogP contribution >= 0.6 is 0 Å². The van der Waals surface area contributed by atoms with Crippen LogP contribution in [0.4, 0.5) is 5.95 Å². The Morgan fingerprint density at radius 2 is 2.00 bits per heavy atom. The molecule has 0 radical (unpaired) electrons. The summed E-state index contributed by atoms with van der Waals surface area (Å²) in [6.07, 6.45) is 0.0439. The largest absolute Gasteiger partial charge is 0.389 e. The molecule has 0 saturated carbocycles. The minimum atomic E-state index is -0.811. The number of nitrogens with zero attached hydrogens (tertiary/aromatic N) is 3. The first-order valence-corrected chi connectivity index (χ1v) is 8.50. The molecule has 0 spiro atoms. The van der Waals surface area contributed by atoms with E-state index in [2.05, 4.69) is 15.3 Å². The molecule has 0 unspecified atom stereocenters. The van der Waals surface area contributed by atoms with Gasteiger partial charge in [0.15, 0.2) is 11.2 Å². The van der Waals surface area contributed by atoms with Crippen molar-refractivity contribution >= 4 is 17.1 Å². The molecule has 0 aliphatic rings. The van der Waals surface area contributed by atoms with Gasteiger partial charge >= 0.3 is 5.69 Å². The Morgan fingerprint density at radius 1 is 1.32 bits per heavy atom. The second-order valence-electron chi connectivity index (χ2n) is 6.53. The number of imidazole rings is 1. The van der Waals surface area contributed by atoms with E-state index >= 15 is 0 Å². The van der Waals surface area contributed by atoms with Crippen LogP contribution in [-0.2, 0) is 18.3 Å². The predicted molar refractivity (Wildman–Crippen MR) is 96.1 cm³/mol. The lowest BCUT2D eigenvalue weighted by Gasteiger charge is -2.18. The van der Waals surface area contributed by atoms with E-state index in [1.807, 2.05) is 27.7 Å². The fraction of sp³-hybridized carbons (Fsp3) is 0.688. The number of rotatable bonds is 8. The van der Waals surface area contributed by atoms with Crippen molar-refractivity contribution in [2.75, 3.05) is 11.9 Å². The molecule has 2 aromatic rings. The molecule has 2 atom stereocenters. The van der Waals surface area contributed by atoms with Gasteiger partial charge in [0, 0.05) is 13.1 Å². The van der Waals surface area contributed by atoms with Crippen LogP contribution in [0.15, 0.2) is 9.59 Å². The number of H-pyrrole nitrogens is 1. The van der Waals surface area contributed by atoms with Crippen LogP contribution in [0.2, 0.25) is 0 Å². The van der Waals surface area contributed by atoms with Crippen molar-refractivity contribution in [3.05, 3.63) is 20.8 Å². The van der Waals surface area contributed by atoms with Gasteiger partial charge in [0.05, 0.1) is 25.4 Å². The van der Waals surface area contributed by atoms with E-state index in [-0.39, 0.29) is 36.5 Å². The third-order valence-corrected chi connectivity index (χ3v) is 4.01. The maximum atomic E-state index is 12.3. The molecular formula is C16H27N5O4. The van der Waals surface area contributed by atoms with Crippen molar-refractivity contribution in [2.24, 2.45) is 7.05 Å². The zero-order valence-corrected chi connectivity index (χ0v) is 15.4. The number of ether oxygens (including phenoxy) is 1. The third-order valence-electron chi connectivity index (χ3n) is 4.01. The number of hydrogen-bond donors (Lipinski definition) is 3. The fourth-order valence-electron chi connectivity index (χ4n) is 2.41. The highest BCUT2D eigenvalue weighted by molar-refractivity contribution is 5.74.